The minimum Gasteiger partial charge on any atom is -0.493 e. The predicted molar refractivity (Wildman–Crippen MR) is 116 cm³/mol. The van der Waals surface area contributed by atoms with Crippen LogP contribution in [-0.4, -0.2) is 34.2 Å². The lowest BCUT2D eigenvalue weighted by atomic mass is 10.0. The fourth-order valence-electron chi connectivity index (χ4n) is 2.92. The van der Waals surface area contributed by atoms with Gasteiger partial charge in [0.15, 0.2) is 11.4 Å². The summed E-state index contributed by atoms with van der Waals surface area (Å²) in [7, 11) is 1.41. The van der Waals surface area contributed by atoms with E-state index in [1.165, 1.54) is 19.4 Å². The molecule has 2 heterocycles. The Kier molecular flexibility index (Phi) is 7.19. The monoisotopic (exact) mass is 438 g/mol. The number of carbonyl (C=O) groups is 2. The Bertz CT molecular complexity index is 1110. The Balaban J connectivity index is 1.80. The van der Waals surface area contributed by atoms with Crippen LogP contribution in [0, 0.1) is 0 Å². The number of pyridine rings is 1. The molecule has 168 valence electrons. The van der Waals surface area contributed by atoms with Gasteiger partial charge in [0.05, 0.1) is 7.11 Å². The normalized spacial score (nSPS) is 11.8. The largest absolute Gasteiger partial charge is 0.493 e. The predicted octanol–water partition coefficient (Wildman–Crippen LogP) is 4.07. The first kappa shape index (κ1) is 22.9. The molecule has 0 saturated carbocycles. The molecule has 9 nitrogen and oxygen atoms in total. The summed E-state index contributed by atoms with van der Waals surface area (Å²) in [5.41, 5.74) is 1.88. The van der Waals surface area contributed by atoms with E-state index in [0.29, 0.717) is 11.8 Å². The van der Waals surface area contributed by atoms with Gasteiger partial charge in [0.25, 0.3) is 5.91 Å². The van der Waals surface area contributed by atoms with Gasteiger partial charge in [0, 0.05) is 24.2 Å². The maximum atomic E-state index is 12.9. The molecule has 0 fully saturated rings. The third kappa shape index (κ3) is 5.11. The molecule has 32 heavy (non-hydrogen) atoms. The molecular formula is C23H26N4O5. The Labute approximate surface area is 186 Å². The number of aromatic nitrogens is 3. The van der Waals surface area contributed by atoms with Crippen LogP contribution in [0.2, 0.25) is 0 Å². The van der Waals surface area contributed by atoms with Crippen molar-refractivity contribution in [2.45, 2.75) is 46.1 Å². The molecule has 0 unspecified atom stereocenters. The Morgan fingerprint density at radius 1 is 1.16 bits per heavy atom. The number of amides is 1. The van der Waals surface area contributed by atoms with Gasteiger partial charge in [-0.1, -0.05) is 32.9 Å². The number of hydrogen-bond donors (Lipinski definition) is 1. The van der Waals surface area contributed by atoms with Crippen molar-refractivity contribution in [1.29, 1.82) is 0 Å². The fraction of sp³-hybridized carbons (Fsp3) is 0.348. The quantitative estimate of drug-likeness (QED) is 0.523. The van der Waals surface area contributed by atoms with E-state index in [9.17, 15) is 9.59 Å². The van der Waals surface area contributed by atoms with Crippen molar-refractivity contribution < 1.29 is 23.5 Å². The van der Waals surface area contributed by atoms with Gasteiger partial charge in [0.2, 0.25) is 17.5 Å². The van der Waals surface area contributed by atoms with E-state index >= 15 is 0 Å². The van der Waals surface area contributed by atoms with Crippen molar-refractivity contribution >= 4 is 11.9 Å². The molecular weight excluding hydrogens is 412 g/mol. The third-order valence-electron chi connectivity index (χ3n) is 4.77. The number of rotatable bonds is 8. The fourth-order valence-corrected chi connectivity index (χ4v) is 2.92. The highest BCUT2D eigenvalue weighted by Crippen LogP contribution is 2.30. The van der Waals surface area contributed by atoms with Crippen LogP contribution >= 0.6 is 0 Å². The van der Waals surface area contributed by atoms with Crippen molar-refractivity contribution in [3.63, 3.8) is 0 Å². The van der Waals surface area contributed by atoms with E-state index in [0.717, 1.165) is 11.1 Å². The molecule has 0 bridgehead atoms. The number of nitrogens with zero attached hydrogens (tertiary/aromatic N) is 3. The van der Waals surface area contributed by atoms with E-state index in [1.54, 1.807) is 13.8 Å². The Morgan fingerprint density at radius 3 is 2.62 bits per heavy atom. The number of methoxy groups -OCH3 is 1. The van der Waals surface area contributed by atoms with Gasteiger partial charge in [0.1, 0.15) is 6.04 Å². The van der Waals surface area contributed by atoms with Crippen molar-refractivity contribution in [1.82, 2.24) is 20.5 Å². The average Bonchev–Trinajstić information content (AvgIpc) is 3.29. The first-order valence-corrected chi connectivity index (χ1v) is 10.3. The molecule has 3 rings (SSSR count). The van der Waals surface area contributed by atoms with Crippen LogP contribution in [0.5, 0.6) is 11.5 Å². The number of nitrogens with one attached hydrogen (secondary N) is 1. The van der Waals surface area contributed by atoms with Gasteiger partial charge in [-0.05, 0) is 30.5 Å². The highest BCUT2D eigenvalue weighted by Gasteiger charge is 2.24. The van der Waals surface area contributed by atoms with E-state index in [4.69, 9.17) is 13.9 Å². The van der Waals surface area contributed by atoms with Crippen molar-refractivity contribution in [3.8, 4) is 23.0 Å². The molecule has 1 amide bonds. The first-order valence-electron chi connectivity index (χ1n) is 10.3. The van der Waals surface area contributed by atoms with Crippen molar-refractivity contribution in [2.75, 3.05) is 7.11 Å². The Hall–Kier alpha value is -3.75. The molecule has 3 aromatic rings. The zero-order valence-electron chi connectivity index (χ0n) is 18.7. The van der Waals surface area contributed by atoms with Gasteiger partial charge in [-0.25, -0.2) is 4.98 Å². The summed E-state index contributed by atoms with van der Waals surface area (Å²) in [5, 5.41) is 10.9. The second-order valence-corrected chi connectivity index (χ2v) is 7.44. The van der Waals surface area contributed by atoms with Gasteiger partial charge in [-0.2, -0.15) is 0 Å². The molecule has 0 aliphatic heterocycles. The molecule has 0 aliphatic rings. The second kappa shape index (κ2) is 10.0. The summed E-state index contributed by atoms with van der Waals surface area (Å²) in [6.07, 6.45) is 1.53. The molecule has 9 heteroatoms. The molecule has 1 aromatic carbocycles. The lowest BCUT2D eigenvalue weighted by Crippen LogP contribution is -2.28. The van der Waals surface area contributed by atoms with Gasteiger partial charge >= 0.3 is 5.97 Å². The van der Waals surface area contributed by atoms with Crippen LogP contribution in [0.25, 0.3) is 11.5 Å². The molecule has 2 aromatic heterocycles. The van der Waals surface area contributed by atoms with E-state index in [-0.39, 0.29) is 29.5 Å². The topological polar surface area (TPSA) is 116 Å². The molecule has 0 radical (unpaired) electrons. The van der Waals surface area contributed by atoms with E-state index in [2.05, 4.69) is 34.3 Å². The molecule has 0 saturated heterocycles. The first-order chi connectivity index (χ1) is 15.3. The van der Waals surface area contributed by atoms with E-state index in [1.807, 2.05) is 24.3 Å². The standard InChI is InChI=1S/C23H26N4O5/c1-6-18(28)31-20-17(30-5)10-11-24-19(20)21(29)25-14(4)22-26-27-23(32-22)16-9-7-8-15(12-16)13(2)3/h7-14H,6H2,1-5H3,(H,25,29)/t14-/m0/s1. The van der Waals surface area contributed by atoms with E-state index < -0.39 is 17.9 Å². The van der Waals surface area contributed by atoms with Crippen molar-refractivity contribution in [3.05, 3.63) is 53.7 Å². The zero-order valence-corrected chi connectivity index (χ0v) is 18.7. The number of ether oxygens (including phenoxy) is 2. The highest BCUT2D eigenvalue weighted by molar-refractivity contribution is 5.96. The van der Waals surface area contributed by atoms with Gasteiger partial charge in [-0.3, -0.25) is 9.59 Å². The summed E-state index contributed by atoms with van der Waals surface area (Å²) in [6.45, 7) is 7.57. The minimum absolute atomic E-state index is 0.0386. The van der Waals surface area contributed by atoms with Crippen LogP contribution in [0.3, 0.4) is 0 Å². The lowest BCUT2D eigenvalue weighted by molar-refractivity contribution is -0.134. The smallest absolute Gasteiger partial charge is 0.311 e. The summed E-state index contributed by atoms with van der Waals surface area (Å²) in [5.74, 6) is 0.0642. The second-order valence-electron chi connectivity index (χ2n) is 7.44. The number of hydrogen-bond acceptors (Lipinski definition) is 8. The highest BCUT2D eigenvalue weighted by atomic mass is 16.6. The Morgan fingerprint density at radius 2 is 1.94 bits per heavy atom. The summed E-state index contributed by atoms with van der Waals surface area (Å²) < 4.78 is 16.3. The zero-order chi connectivity index (χ0) is 23.3. The molecule has 0 spiro atoms. The van der Waals surface area contributed by atoms with Crippen molar-refractivity contribution in [2.24, 2.45) is 0 Å². The van der Waals surface area contributed by atoms with Gasteiger partial charge in [-0.15, -0.1) is 10.2 Å². The number of benzene rings is 1. The summed E-state index contributed by atoms with van der Waals surface area (Å²) >= 11 is 0. The maximum absolute atomic E-state index is 12.9. The lowest BCUT2D eigenvalue weighted by Gasteiger charge is -2.14. The number of carbonyl (C=O) groups excluding carboxylic acids is 2. The van der Waals surface area contributed by atoms with Gasteiger partial charge < -0.3 is 19.2 Å². The van der Waals surface area contributed by atoms with Crippen LogP contribution < -0.4 is 14.8 Å². The van der Waals surface area contributed by atoms with Crippen LogP contribution in [0.4, 0.5) is 0 Å². The molecule has 1 N–H and O–H groups in total. The van der Waals surface area contributed by atoms with Crippen LogP contribution in [0.1, 0.15) is 68.0 Å². The summed E-state index contributed by atoms with van der Waals surface area (Å²) in [6, 6.07) is 8.76. The van der Waals surface area contributed by atoms with Crippen LogP contribution in [0.15, 0.2) is 40.9 Å². The van der Waals surface area contributed by atoms with Crippen LogP contribution in [-0.2, 0) is 4.79 Å². The SMILES string of the molecule is CCC(=O)Oc1c(OC)ccnc1C(=O)N[C@@H](C)c1nnc(-c2cccc(C(C)C)c2)o1. The molecule has 0 aliphatic carbocycles. The third-order valence-corrected chi connectivity index (χ3v) is 4.77. The number of esters is 1. The molecule has 1 atom stereocenters. The average molecular weight is 438 g/mol. The summed E-state index contributed by atoms with van der Waals surface area (Å²) in [4.78, 5) is 28.7. The minimum atomic E-state index is -0.611. The maximum Gasteiger partial charge on any atom is 0.311 e.